The van der Waals surface area contributed by atoms with E-state index in [0.717, 1.165) is 12.8 Å². The molecule has 0 spiro atoms. The van der Waals surface area contributed by atoms with Gasteiger partial charge >= 0.3 is 5.97 Å². The summed E-state index contributed by atoms with van der Waals surface area (Å²) in [5.41, 5.74) is 5.55. The molecule has 1 atom stereocenters. The first kappa shape index (κ1) is 12.6. The fraction of sp³-hybridized carbons (Fsp3) is 0.700. The molecule has 0 bridgehead atoms. The molecule has 1 aliphatic rings. The van der Waals surface area contributed by atoms with E-state index in [1.165, 1.54) is 0 Å². The van der Waals surface area contributed by atoms with Crippen molar-refractivity contribution in [3.63, 3.8) is 0 Å². The standard InChI is InChI=1S/C10H16N2O4/c1-2-3-4-7(11)10(15)16-12-8(13)5-6-9(12)14/h7H,2-6,11H2,1H3. The lowest BCUT2D eigenvalue weighted by atomic mass is 10.1. The molecule has 1 heterocycles. The average Bonchev–Trinajstić information content (AvgIpc) is 2.57. The highest BCUT2D eigenvalue weighted by atomic mass is 16.7. The lowest BCUT2D eigenvalue weighted by Gasteiger charge is -2.15. The molecule has 1 fully saturated rings. The van der Waals surface area contributed by atoms with E-state index in [1.807, 2.05) is 6.92 Å². The Morgan fingerprint density at radius 3 is 2.50 bits per heavy atom. The number of amides is 2. The maximum atomic E-state index is 11.4. The second kappa shape index (κ2) is 5.60. The fourth-order valence-corrected chi connectivity index (χ4v) is 1.36. The maximum Gasteiger partial charge on any atom is 0.349 e. The predicted octanol–water partition coefficient (Wildman–Crippen LogP) is 0.111. The summed E-state index contributed by atoms with van der Waals surface area (Å²) in [6.07, 6.45) is 2.40. The summed E-state index contributed by atoms with van der Waals surface area (Å²) in [6.45, 7) is 1.98. The monoisotopic (exact) mass is 228 g/mol. The van der Waals surface area contributed by atoms with Gasteiger partial charge in [0.2, 0.25) is 0 Å². The molecule has 1 rings (SSSR count). The quantitative estimate of drug-likeness (QED) is 0.674. The number of hydrogen-bond acceptors (Lipinski definition) is 5. The van der Waals surface area contributed by atoms with Crippen molar-refractivity contribution in [3.8, 4) is 0 Å². The SMILES string of the molecule is CCCCC(N)C(=O)ON1C(=O)CCC1=O. The van der Waals surface area contributed by atoms with Crippen molar-refractivity contribution >= 4 is 17.8 Å². The van der Waals surface area contributed by atoms with Crippen LogP contribution in [-0.2, 0) is 19.2 Å². The summed E-state index contributed by atoms with van der Waals surface area (Å²) >= 11 is 0. The molecule has 1 saturated heterocycles. The zero-order chi connectivity index (χ0) is 12.1. The number of hydroxylamine groups is 2. The third kappa shape index (κ3) is 3.03. The van der Waals surface area contributed by atoms with Crippen LogP contribution in [0.2, 0.25) is 0 Å². The highest BCUT2D eigenvalue weighted by Crippen LogP contribution is 2.13. The highest BCUT2D eigenvalue weighted by Gasteiger charge is 2.33. The van der Waals surface area contributed by atoms with E-state index < -0.39 is 23.8 Å². The van der Waals surface area contributed by atoms with Crippen molar-refractivity contribution in [2.75, 3.05) is 0 Å². The Morgan fingerprint density at radius 1 is 1.44 bits per heavy atom. The van der Waals surface area contributed by atoms with Crippen molar-refractivity contribution in [1.82, 2.24) is 5.06 Å². The van der Waals surface area contributed by atoms with Gasteiger partial charge in [0.25, 0.3) is 11.8 Å². The molecule has 2 amide bonds. The van der Waals surface area contributed by atoms with E-state index in [1.54, 1.807) is 0 Å². The van der Waals surface area contributed by atoms with Crippen molar-refractivity contribution in [2.45, 2.75) is 45.1 Å². The van der Waals surface area contributed by atoms with Crippen LogP contribution in [0.4, 0.5) is 0 Å². The minimum Gasteiger partial charge on any atom is -0.329 e. The number of hydrogen-bond donors (Lipinski definition) is 1. The average molecular weight is 228 g/mol. The molecule has 0 aromatic heterocycles. The van der Waals surface area contributed by atoms with Crippen LogP contribution in [0, 0.1) is 0 Å². The zero-order valence-electron chi connectivity index (χ0n) is 9.27. The highest BCUT2D eigenvalue weighted by molar-refractivity contribution is 6.01. The van der Waals surface area contributed by atoms with Gasteiger partial charge in [-0.1, -0.05) is 19.8 Å². The molecule has 0 saturated carbocycles. The van der Waals surface area contributed by atoms with Gasteiger partial charge in [-0.05, 0) is 6.42 Å². The van der Waals surface area contributed by atoms with Gasteiger partial charge in [-0.25, -0.2) is 4.79 Å². The lowest BCUT2D eigenvalue weighted by molar-refractivity contribution is -0.198. The van der Waals surface area contributed by atoms with Crippen LogP contribution in [0.1, 0.15) is 39.0 Å². The van der Waals surface area contributed by atoms with E-state index in [-0.39, 0.29) is 12.8 Å². The largest absolute Gasteiger partial charge is 0.349 e. The molecule has 0 aliphatic carbocycles. The Labute approximate surface area is 93.7 Å². The molecule has 1 aliphatic heterocycles. The van der Waals surface area contributed by atoms with Crippen LogP contribution in [0.15, 0.2) is 0 Å². The fourth-order valence-electron chi connectivity index (χ4n) is 1.36. The number of nitrogens with two attached hydrogens (primary N) is 1. The van der Waals surface area contributed by atoms with Crippen molar-refractivity contribution < 1.29 is 19.2 Å². The second-order valence-electron chi connectivity index (χ2n) is 3.74. The van der Waals surface area contributed by atoms with E-state index in [0.29, 0.717) is 11.5 Å². The van der Waals surface area contributed by atoms with Crippen LogP contribution in [0.3, 0.4) is 0 Å². The number of rotatable bonds is 5. The van der Waals surface area contributed by atoms with Gasteiger partial charge in [0.1, 0.15) is 6.04 Å². The van der Waals surface area contributed by atoms with Crippen LogP contribution in [0.25, 0.3) is 0 Å². The molecule has 16 heavy (non-hydrogen) atoms. The summed E-state index contributed by atoms with van der Waals surface area (Å²) < 4.78 is 0. The first-order chi connectivity index (χ1) is 7.56. The van der Waals surface area contributed by atoms with Gasteiger partial charge in [0, 0.05) is 12.8 Å². The number of unbranched alkanes of at least 4 members (excludes halogenated alkanes) is 1. The molecule has 0 aromatic carbocycles. The van der Waals surface area contributed by atoms with Crippen LogP contribution in [-0.4, -0.2) is 28.9 Å². The summed E-state index contributed by atoms with van der Waals surface area (Å²) in [5.74, 6) is -1.70. The molecule has 6 nitrogen and oxygen atoms in total. The smallest absolute Gasteiger partial charge is 0.329 e. The topological polar surface area (TPSA) is 89.7 Å². The van der Waals surface area contributed by atoms with Gasteiger partial charge < -0.3 is 10.6 Å². The summed E-state index contributed by atoms with van der Waals surface area (Å²) in [6, 6.07) is -0.777. The molecular weight excluding hydrogens is 212 g/mol. The van der Waals surface area contributed by atoms with E-state index >= 15 is 0 Å². The Morgan fingerprint density at radius 2 is 2.00 bits per heavy atom. The van der Waals surface area contributed by atoms with Gasteiger partial charge in [0.05, 0.1) is 0 Å². The molecule has 90 valence electrons. The number of carbonyl (C=O) groups is 3. The Hall–Kier alpha value is -1.43. The van der Waals surface area contributed by atoms with E-state index in [9.17, 15) is 14.4 Å². The minimum atomic E-state index is -0.777. The Kier molecular flexibility index (Phi) is 4.42. The third-order valence-corrected chi connectivity index (χ3v) is 2.36. The molecular formula is C10H16N2O4. The molecule has 6 heteroatoms. The van der Waals surface area contributed by atoms with Crippen molar-refractivity contribution in [2.24, 2.45) is 5.73 Å². The first-order valence-corrected chi connectivity index (χ1v) is 5.39. The van der Waals surface area contributed by atoms with E-state index in [2.05, 4.69) is 4.84 Å². The summed E-state index contributed by atoms with van der Waals surface area (Å²) in [7, 11) is 0. The zero-order valence-corrected chi connectivity index (χ0v) is 9.27. The number of nitrogens with zero attached hydrogens (tertiary/aromatic N) is 1. The molecule has 0 aromatic rings. The Bertz CT molecular complexity index is 287. The third-order valence-electron chi connectivity index (χ3n) is 2.36. The van der Waals surface area contributed by atoms with Gasteiger partial charge in [-0.15, -0.1) is 5.06 Å². The van der Waals surface area contributed by atoms with Gasteiger partial charge in [-0.3, -0.25) is 9.59 Å². The van der Waals surface area contributed by atoms with Crippen molar-refractivity contribution in [3.05, 3.63) is 0 Å². The van der Waals surface area contributed by atoms with Crippen molar-refractivity contribution in [1.29, 1.82) is 0 Å². The molecule has 0 radical (unpaired) electrons. The summed E-state index contributed by atoms with van der Waals surface area (Å²) in [5, 5.41) is 0.522. The van der Waals surface area contributed by atoms with Gasteiger partial charge in [0.15, 0.2) is 0 Å². The number of carbonyl (C=O) groups excluding carboxylic acids is 3. The van der Waals surface area contributed by atoms with Crippen LogP contribution in [0.5, 0.6) is 0 Å². The first-order valence-electron chi connectivity index (χ1n) is 5.39. The van der Waals surface area contributed by atoms with Crippen LogP contribution < -0.4 is 5.73 Å². The van der Waals surface area contributed by atoms with Crippen LogP contribution >= 0.6 is 0 Å². The number of imide groups is 1. The summed E-state index contributed by atoms with van der Waals surface area (Å²) in [4.78, 5) is 38.4. The molecule has 2 N–H and O–H groups in total. The maximum absolute atomic E-state index is 11.4. The van der Waals surface area contributed by atoms with Gasteiger partial charge in [-0.2, -0.15) is 0 Å². The van der Waals surface area contributed by atoms with E-state index in [4.69, 9.17) is 5.73 Å². The molecule has 1 unspecified atom stereocenters. The predicted molar refractivity (Wildman–Crippen MR) is 54.7 cm³/mol. The normalized spacial score (nSPS) is 17.8. The Balaban J connectivity index is 2.44. The second-order valence-corrected chi connectivity index (χ2v) is 3.74. The minimum absolute atomic E-state index is 0.0936. The lowest BCUT2D eigenvalue weighted by Crippen LogP contribution is -2.40.